The molecule has 1 aliphatic rings. The molecule has 7 nitrogen and oxygen atoms in total. The Labute approximate surface area is 200 Å². The number of ketones is 1. The lowest BCUT2D eigenvalue weighted by Gasteiger charge is -2.21. The van der Waals surface area contributed by atoms with E-state index < -0.39 is 17.7 Å². The minimum Gasteiger partial charge on any atom is -0.507 e. The number of hydrogen-bond donors (Lipinski definition) is 2. The van der Waals surface area contributed by atoms with Crippen LogP contribution in [0.15, 0.2) is 65.6 Å². The molecule has 1 unspecified atom stereocenters. The number of aryl methyl sites for hydroxylation is 1. The number of aliphatic hydroxyl groups is 1. The summed E-state index contributed by atoms with van der Waals surface area (Å²) in [5, 5.41) is 13.2. The van der Waals surface area contributed by atoms with Crippen LogP contribution in [0, 0.1) is 6.92 Å². The molecule has 3 heterocycles. The summed E-state index contributed by atoms with van der Waals surface area (Å²) in [5.74, 6) is -0.726. The van der Waals surface area contributed by atoms with Crippen molar-refractivity contribution in [2.45, 2.75) is 26.3 Å². The third-order valence-electron chi connectivity index (χ3n) is 5.77. The van der Waals surface area contributed by atoms with Gasteiger partial charge in [0.25, 0.3) is 5.78 Å². The van der Waals surface area contributed by atoms with Crippen LogP contribution in [0.3, 0.4) is 0 Å². The van der Waals surface area contributed by atoms with E-state index in [1.165, 1.54) is 16.2 Å². The van der Waals surface area contributed by atoms with Crippen LogP contribution in [0.2, 0.25) is 0 Å². The number of nitrogens with one attached hydrogen (secondary N) is 1. The average molecular weight is 474 g/mol. The van der Waals surface area contributed by atoms with Gasteiger partial charge in [0, 0.05) is 10.4 Å². The molecule has 1 atom stereocenters. The summed E-state index contributed by atoms with van der Waals surface area (Å²) in [6.45, 7) is 4.50. The van der Waals surface area contributed by atoms with Crippen molar-refractivity contribution >= 4 is 45.8 Å². The topological polar surface area (TPSA) is 95.5 Å². The van der Waals surface area contributed by atoms with Crippen molar-refractivity contribution in [2.75, 3.05) is 11.5 Å². The van der Waals surface area contributed by atoms with Gasteiger partial charge in [0.05, 0.1) is 23.2 Å². The Balaban J connectivity index is 1.64. The summed E-state index contributed by atoms with van der Waals surface area (Å²) in [5.41, 5.74) is 2.75. The second-order valence-corrected chi connectivity index (χ2v) is 9.07. The van der Waals surface area contributed by atoms with Crippen molar-refractivity contribution in [2.24, 2.45) is 0 Å². The van der Waals surface area contributed by atoms with Gasteiger partial charge < -0.3 is 14.8 Å². The third-order valence-corrected chi connectivity index (χ3v) is 6.70. The van der Waals surface area contributed by atoms with Crippen molar-refractivity contribution in [3.05, 3.63) is 81.6 Å². The number of nitrogens with zero attached hydrogens (tertiary/aromatic N) is 2. The number of amides is 1. The van der Waals surface area contributed by atoms with E-state index in [1.807, 2.05) is 55.6 Å². The Morgan fingerprint density at radius 2 is 2.00 bits per heavy atom. The Kier molecular flexibility index (Phi) is 5.67. The van der Waals surface area contributed by atoms with Gasteiger partial charge in [0.1, 0.15) is 17.6 Å². The first kappa shape index (κ1) is 21.9. The number of anilines is 1. The maximum absolute atomic E-state index is 13.2. The van der Waals surface area contributed by atoms with Crippen molar-refractivity contribution in [3.8, 4) is 5.75 Å². The van der Waals surface area contributed by atoms with Gasteiger partial charge in [-0.2, -0.15) is 0 Å². The van der Waals surface area contributed by atoms with Gasteiger partial charge in [-0.1, -0.05) is 25.1 Å². The summed E-state index contributed by atoms with van der Waals surface area (Å²) in [4.78, 5) is 36.2. The van der Waals surface area contributed by atoms with Crippen LogP contribution in [-0.4, -0.2) is 33.4 Å². The van der Waals surface area contributed by atoms with Gasteiger partial charge in [-0.3, -0.25) is 14.5 Å². The number of Topliss-reactive ketones (excluding diaryl/α,β-unsaturated/α-hetero) is 1. The van der Waals surface area contributed by atoms with E-state index in [0.717, 1.165) is 28.1 Å². The molecule has 1 saturated heterocycles. The Morgan fingerprint density at radius 3 is 2.71 bits per heavy atom. The number of imidazole rings is 1. The average Bonchev–Trinajstić information content (AvgIpc) is 3.56. The minimum atomic E-state index is -0.795. The third kappa shape index (κ3) is 3.66. The molecular formula is C26H23N3O4S. The summed E-state index contributed by atoms with van der Waals surface area (Å²) in [6.07, 6.45) is 0.882. The van der Waals surface area contributed by atoms with Crippen LogP contribution in [0.5, 0.6) is 5.75 Å². The second-order valence-electron chi connectivity index (χ2n) is 8.09. The summed E-state index contributed by atoms with van der Waals surface area (Å²) in [7, 11) is 0. The molecule has 0 bridgehead atoms. The summed E-state index contributed by atoms with van der Waals surface area (Å²) >= 11 is 1.41. The van der Waals surface area contributed by atoms with Crippen LogP contribution >= 0.6 is 11.3 Å². The van der Waals surface area contributed by atoms with Crippen LogP contribution in [0.4, 0.5) is 5.95 Å². The van der Waals surface area contributed by atoms with Crippen LogP contribution < -0.4 is 9.64 Å². The second kappa shape index (κ2) is 8.79. The first-order valence-electron chi connectivity index (χ1n) is 11.0. The fraction of sp³-hybridized carbons (Fsp3) is 0.192. The quantitative estimate of drug-likeness (QED) is 0.224. The molecular weight excluding hydrogens is 450 g/mol. The van der Waals surface area contributed by atoms with E-state index in [-0.39, 0.29) is 17.3 Å². The smallest absolute Gasteiger partial charge is 0.302 e. The lowest BCUT2D eigenvalue weighted by Crippen LogP contribution is -2.30. The number of hydrogen-bond acceptors (Lipinski definition) is 6. The van der Waals surface area contributed by atoms with Gasteiger partial charge in [-0.05, 0) is 60.7 Å². The first-order valence-corrected chi connectivity index (χ1v) is 11.9. The van der Waals surface area contributed by atoms with E-state index in [9.17, 15) is 14.7 Å². The highest BCUT2D eigenvalue weighted by atomic mass is 32.1. The molecule has 1 amide bonds. The molecule has 5 rings (SSSR count). The number of ether oxygens (including phenoxy) is 1. The minimum absolute atomic E-state index is 0.0366. The van der Waals surface area contributed by atoms with E-state index >= 15 is 0 Å². The lowest BCUT2D eigenvalue weighted by atomic mass is 9.99. The number of benzene rings is 2. The number of fused-ring (bicyclic) bond motifs is 1. The highest BCUT2D eigenvalue weighted by Crippen LogP contribution is 2.43. The first-order chi connectivity index (χ1) is 16.5. The molecule has 34 heavy (non-hydrogen) atoms. The molecule has 2 aromatic heterocycles. The van der Waals surface area contributed by atoms with Gasteiger partial charge in [0.15, 0.2) is 0 Å². The highest BCUT2D eigenvalue weighted by Gasteiger charge is 2.48. The predicted octanol–water partition coefficient (Wildman–Crippen LogP) is 5.35. The Bertz CT molecular complexity index is 1390. The molecule has 172 valence electrons. The molecule has 1 aliphatic heterocycles. The SMILES string of the molecule is CCCOc1ccc(/C(O)=C2\C(=O)C(=O)N(c3nc4ccccc4[nH]3)C2c2cccs2)cc1C. The van der Waals surface area contributed by atoms with Gasteiger partial charge in [-0.25, -0.2) is 4.98 Å². The zero-order chi connectivity index (χ0) is 23.8. The number of aliphatic hydroxyl groups excluding tert-OH is 1. The number of para-hydroxylation sites is 2. The normalized spacial score (nSPS) is 17.6. The molecule has 1 fully saturated rings. The number of thiophene rings is 1. The monoisotopic (exact) mass is 473 g/mol. The Morgan fingerprint density at radius 1 is 1.18 bits per heavy atom. The zero-order valence-corrected chi connectivity index (χ0v) is 19.6. The van der Waals surface area contributed by atoms with Gasteiger partial charge >= 0.3 is 5.91 Å². The standard InChI is InChI=1S/C26H23N3O4S/c1-3-12-33-19-11-10-16(14-15(19)2)23(30)21-22(20-9-6-13-34-20)29(25(32)24(21)31)26-27-17-7-4-5-8-18(17)28-26/h4-11,13-14,22,30H,3,12H2,1-2H3,(H,27,28)/b23-21+. The zero-order valence-electron chi connectivity index (χ0n) is 18.7. The van der Waals surface area contributed by atoms with Crippen LogP contribution in [-0.2, 0) is 9.59 Å². The predicted molar refractivity (Wildman–Crippen MR) is 132 cm³/mol. The van der Waals surface area contributed by atoms with E-state index in [1.54, 1.807) is 18.2 Å². The fourth-order valence-corrected chi connectivity index (χ4v) is 4.97. The summed E-state index contributed by atoms with van der Waals surface area (Å²) in [6, 6.07) is 15.5. The Hall–Kier alpha value is -3.91. The molecule has 0 radical (unpaired) electrons. The summed E-state index contributed by atoms with van der Waals surface area (Å²) < 4.78 is 5.73. The molecule has 2 N–H and O–H groups in total. The van der Waals surface area contributed by atoms with Crippen molar-refractivity contribution in [1.29, 1.82) is 0 Å². The molecule has 0 saturated carbocycles. The van der Waals surface area contributed by atoms with Crippen molar-refractivity contribution < 1.29 is 19.4 Å². The van der Waals surface area contributed by atoms with Crippen LogP contribution in [0.25, 0.3) is 16.8 Å². The van der Waals surface area contributed by atoms with Gasteiger partial charge in [-0.15, -0.1) is 11.3 Å². The van der Waals surface area contributed by atoms with Crippen LogP contribution in [0.1, 0.15) is 35.4 Å². The number of aromatic nitrogens is 2. The molecule has 2 aromatic carbocycles. The molecule has 8 heteroatoms. The van der Waals surface area contributed by atoms with Crippen molar-refractivity contribution in [1.82, 2.24) is 9.97 Å². The van der Waals surface area contributed by atoms with Gasteiger partial charge in [0.2, 0.25) is 5.95 Å². The number of carbonyl (C=O) groups is 2. The van der Waals surface area contributed by atoms with E-state index in [4.69, 9.17) is 4.74 Å². The number of rotatable bonds is 6. The molecule has 0 aliphatic carbocycles. The molecule has 4 aromatic rings. The number of aromatic amines is 1. The van der Waals surface area contributed by atoms with E-state index in [0.29, 0.717) is 17.7 Å². The highest BCUT2D eigenvalue weighted by molar-refractivity contribution is 7.10. The molecule has 0 spiro atoms. The number of H-pyrrole nitrogens is 1. The van der Waals surface area contributed by atoms with E-state index in [2.05, 4.69) is 9.97 Å². The van der Waals surface area contributed by atoms with Crippen molar-refractivity contribution in [3.63, 3.8) is 0 Å². The maximum atomic E-state index is 13.2. The largest absolute Gasteiger partial charge is 0.507 e. The maximum Gasteiger partial charge on any atom is 0.302 e. The fourth-order valence-electron chi connectivity index (χ4n) is 4.15. The number of carbonyl (C=O) groups excluding carboxylic acids is 2. The lowest BCUT2D eigenvalue weighted by molar-refractivity contribution is -0.132.